The number of thioether (sulfide) groups is 1. The molecule has 2 N–H and O–H groups in total. The van der Waals surface area contributed by atoms with E-state index in [2.05, 4.69) is 30.8 Å². The molecule has 0 amide bonds. The van der Waals surface area contributed by atoms with Gasteiger partial charge in [-0.25, -0.2) is 0 Å². The minimum Gasteiger partial charge on any atom is -0.468 e. The molecule has 0 aliphatic heterocycles. The molecule has 2 rings (SSSR count). The summed E-state index contributed by atoms with van der Waals surface area (Å²) in [6, 6.07) is 7.00. The quantitative estimate of drug-likeness (QED) is 0.778. The number of rotatable bonds is 6. The molecule has 8 heteroatoms. The first-order valence-electron chi connectivity index (χ1n) is 6.10. The Morgan fingerprint density at radius 2 is 2.38 bits per heavy atom. The van der Waals surface area contributed by atoms with E-state index in [1.165, 1.54) is 18.9 Å². The predicted octanol–water partition coefficient (Wildman–Crippen LogP) is 2.23. The molecular weight excluding hydrogens is 358 g/mol. The second kappa shape index (κ2) is 7.58. The van der Waals surface area contributed by atoms with Gasteiger partial charge in [0.05, 0.1) is 12.9 Å². The summed E-state index contributed by atoms with van der Waals surface area (Å²) in [5.74, 6) is 1.52. The van der Waals surface area contributed by atoms with Crippen LogP contribution in [-0.2, 0) is 15.3 Å². The van der Waals surface area contributed by atoms with E-state index in [1.54, 1.807) is 0 Å². The van der Waals surface area contributed by atoms with Gasteiger partial charge in [-0.2, -0.15) is 4.98 Å². The van der Waals surface area contributed by atoms with Gasteiger partial charge in [0.15, 0.2) is 0 Å². The molecule has 6 nitrogen and oxygen atoms in total. The lowest BCUT2D eigenvalue weighted by Crippen LogP contribution is -2.33. The van der Waals surface area contributed by atoms with Crippen molar-refractivity contribution in [1.82, 2.24) is 10.1 Å². The van der Waals surface area contributed by atoms with Gasteiger partial charge in [0, 0.05) is 15.8 Å². The molecule has 21 heavy (non-hydrogen) atoms. The van der Waals surface area contributed by atoms with Crippen molar-refractivity contribution < 1.29 is 14.1 Å². The lowest BCUT2D eigenvalue weighted by atomic mass is 10.2. The van der Waals surface area contributed by atoms with Crippen LogP contribution in [0.1, 0.15) is 5.89 Å². The number of halogens is 1. The molecule has 1 aromatic heterocycles. The number of nitrogens with zero attached hydrogens (tertiary/aromatic N) is 2. The van der Waals surface area contributed by atoms with Crippen LogP contribution >= 0.6 is 27.7 Å². The van der Waals surface area contributed by atoms with Gasteiger partial charge in [-0.15, -0.1) is 11.8 Å². The molecule has 0 fully saturated rings. The molecule has 2 aromatic rings. The number of ether oxygens (including phenoxy) is 1. The van der Waals surface area contributed by atoms with Crippen LogP contribution in [0.4, 0.5) is 0 Å². The van der Waals surface area contributed by atoms with Gasteiger partial charge >= 0.3 is 5.97 Å². The van der Waals surface area contributed by atoms with Crippen molar-refractivity contribution in [2.24, 2.45) is 5.73 Å². The average Bonchev–Trinajstić information content (AvgIpc) is 2.95. The zero-order chi connectivity index (χ0) is 15.2. The van der Waals surface area contributed by atoms with Gasteiger partial charge < -0.3 is 15.0 Å². The molecule has 0 saturated heterocycles. The lowest BCUT2D eigenvalue weighted by molar-refractivity contribution is -0.141. The molecule has 0 saturated carbocycles. The van der Waals surface area contributed by atoms with E-state index in [1.807, 2.05) is 24.3 Å². The Bertz CT molecular complexity index is 620. The highest BCUT2D eigenvalue weighted by Gasteiger charge is 2.15. The Morgan fingerprint density at radius 1 is 1.57 bits per heavy atom. The summed E-state index contributed by atoms with van der Waals surface area (Å²) in [6.45, 7) is 0. The Balaban J connectivity index is 1.90. The van der Waals surface area contributed by atoms with Crippen molar-refractivity contribution in [3.63, 3.8) is 0 Å². The Kier molecular flexibility index (Phi) is 5.77. The maximum atomic E-state index is 11.2. The first-order valence-corrected chi connectivity index (χ1v) is 8.04. The minimum absolute atomic E-state index is 0.428. The van der Waals surface area contributed by atoms with Gasteiger partial charge in [-0.05, 0) is 12.1 Å². The number of carbonyl (C=O) groups is 1. The minimum atomic E-state index is -0.646. The van der Waals surface area contributed by atoms with Gasteiger partial charge in [-0.3, -0.25) is 4.79 Å². The van der Waals surface area contributed by atoms with Crippen molar-refractivity contribution in [3.05, 3.63) is 34.6 Å². The van der Waals surface area contributed by atoms with Gasteiger partial charge in [-0.1, -0.05) is 33.2 Å². The van der Waals surface area contributed by atoms with Crippen molar-refractivity contribution in [2.45, 2.75) is 11.8 Å². The van der Waals surface area contributed by atoms with Crippen molar-refractivity contribution in [1.29, 1.82) is 0 Å². The smallest absolute Gasteiger partial charge is 0.323 e. The molecule has 1 aromatic carbocycles. The van der Waals surface area contributed by atoms with E-state index in [0.717, 1.165) is 10.0 Å². The summed E-state index contributed by atoms with van der Waals surface area (Å²) in [7, 11) is 1.31. The summed E-state index contributed by atoms with van der Waals surface area (Å²) in [4.78, 5) is 15.5. The fourth-order valence-electron chi connectivity index (χ4n) is 1.55. The molecular formula is C13H14BrN3O3S. The number of esters is 1. The topological polar surface area (TPSA) is 91.2 Å². The number of nitrogens with two attached hydrogens (primary N) is 1. The van der Waals surface area contributed by atoms with Crippen LogP contribution in [-0.4, -0.2) is 35.0 Å². The molecule has 0 aliphatic rings. The molecule has 1 atom stereocenters. The van der Waals surface area contributed by atoms with E-state index in [-0.39, 0.29) is 0 Å². The fraction of sp³-hybridized carbons (Fsp3) is 0.308. The number of hydrogen-bond acceptors (Lipinski definition) is 7. The van der Waals surface area contributed by atoms with Crippen molar-refractivity contribution >= 4 is 33.7 Å². The third kappa shape index (κ3) is 4.55. The highest BCUT2D eigenvalue weighted by atomic mass is 79.9. The summed E-state index contributed by atoms with van der Waals surface area (Å²) in [5.41, 5.74) is 6.51. The van der Waals surface area contributed by atoms with Crippen LogP contribution in [0.2, 0.25) is 0 Å². The predicted molar refractivity (Wildman–Crippen MR) is 83.6 cm³/mol. The zero-order valence-electron chi connectivity index (χ0n) is 11.3. The largest absolute Gasteiger partial charge is 0.468 e. The normalized spacial score (nSPS) is 12.1. The number of hydrogen-bond donors (Lipinski definition) is 1. The maximum absolute atomic E-state index is 11.2. The Morgan fingerprint density at radius 3 is 3.10 bits per heavy atom. The Hall–Kier alpha value is -1.38. The zero-order valence-corrected chi connectivity index (χ0v) is 13.7. The highest BCUT2D eigenvalue weighted by Crippen LogP contribution is 2.21. The monoisotopic (exact) mass is 371 g/mol. The first kappa shape index (κ1) is 16.0. The van der Waals surface area contributed by atoms with E-state index in [9.17, 15) is 4.79 Å². The summed E-state index contributed by atoms with van der Waals surface area (Å²) in [5, 5.41) is 3.93. The number of carbonyl (C=O) groups excluding carboxylic acids is 1. The van der Waals surface area contributed by atoms with Gasteiger partial charge in [0.1, 0.15) is 6.04 Å². The SMILES string of the molecule is COC(=O)C(N)CSCc1nc(-c2cccc(Br)c2)no1. The maximum Gasteiger partial charge on any atom is 0.323 e. The second-order valence-electron chi connectivity index (χ2n) is 4.17. The summed E-state index contributed by atoms with van der Waals surface area (Å²) in [6.07, 6.45) is 0. The number of methoxy groups -OCH3 is 1. The summed E-state index contributed by atoms with van der Waals surface area (Å²) < 4.78 is 10.7. The third-order valence-corrected chi connectivity index (χ3v) is 4.12. The molecule has 0 radical (unpaired) electrons. The molecule has 0 spiro atoms. The van der Waals surface area contributed by atoms with Crippen LogP contribution in [0, 0.1) is 0 Å². The second-order valence-corrected chi connectivity index (χ2v) is 6.11. The highest BCUT2D eigenvalue weighted by molar-refractivity contribution is 9.10. The first-order chi connectivity index (χ1) is 10.1. The van der Waals surface area contributed by atoms with Crippen molar-refractivity contribution in [3.8, 4) is 11.4 Å². The van der Waals surface area contributed by atoms with Gasteiger partial charge in [0.2, 0.25) is 11.7 Å². The average molecular weight is 372 g/mol. The third-order valence-electron chi connectivity index (χ3n) is 2.58. The molecule has 112 valence electrons. The molecule has 0 aliphatic carbocycles. The number of benzene rings is 1. The van der Waals surface area contributed by atoms with Crippen LogP contribution in [0.25, 0.3) is 11.4 Å². The number of aromatic nitrogens is 2. The van der Waals surface area contributed by atoms with E-state index in [4.69, 9.17) is 10.3 Å². The van der Waals surface area contributed by atoms with Crippen LogP contribution in [0.15, 0.2) is 33.3 Å². The van der Waals surface area contributed by atoms with E-state index < -0.39 is 12.0 Å². The van der Waals surface area contributed by atoms with E-state index >= 15 is 0 Å². The van der Waals surface area contributed by atoms with E-state index in [0.29, 0.717) is 23.2 Å². The standard InChI is InChI=1S/C13H14BrN3O3S/c1-19-13(18)10(15)6-21-7-11-16-12(17-20-11)8-3-2-4-9(14)5-8/h2-5,10H,6-7,15H2,1H3. The van der Waals surface area contributed by atoms with Crippen LogP contribution < -0.4 is 5.73 Å². The molecule has 1 unspecified atom stereocenters. The Labute approximate surface area is 134 Å². The van der Waals surface area contributed by atoms with Gasteiger partial charge in [0.25, 0.3) is 0 Å². The molecule has 0 bridgehead atoms. The van der Waals surface area contributed by atoms with Crippen molar-refractivity contribution in [2.75, 3.05) is 12.9 Å². The lowest BCUT2D eigenvalue weighted by Gasteiger charge is -2.06. The van der Waals surface area contributed by atoms with Crippen LogP contribution in [0.5, 0.6) is 0 Å². The van der Waals surface area contributed by atoms with Crippen LogP contribution in [0.3, 0.4) is 0 Å². The molecule has 1 heterocycles. The summed E-state index contributed by atoms with van der Waals surface area (Å²) >= 11 is 4.83. The fourth-order valence-corrected chi connectivity index (χ4v) is 2.75.